The Hall–Kier alpha value is -2.88. The molecule has 6 nitrogen and oxygen atoms in total. The first-order valence-electron chi connectivity index (χ1n) is 12.3. The molecule has 0 radical (unpaired) electrons. The molecule has 0 aliphatic carbocycles. The lowest BCUT2D eigenvalue weighted by atomic mass is 9.80. The van der Waals surface area contributed by atoms with Gasteiger partial charge < -0.3 is 19.1 Å². The molecule has 6 heteroatoms. The van der Waals surface area contributed by atoms with Gasteiger partial charge in [-0.1, -0.05) is 30.3 Å². The highest BCUT2D eigenvalue weighted by molar-refractivity contribution is 5.95. The van der Waals surface area contributed by atoms with Crippen molar-refractivity contribution in [3.63, 3.8) is 0 Å². The van der Waals surface area contributed by atoms with Crippen LogP contribution in [0.3, 0.4) is 0 Å². The van der Waals surface area contributed by atoms with E-state index in [2.05, 4.69) is 18.2 Å². The molecule has 2 aliphatic heterocycles. The van der Waals surface area contributed by atoms with E-state index >= 15 is 0 Å². The average molecular weight is 463 g/mol. The van der Waals surface area contributed by atoms with Crippen molar-refractivity contribution in [1.82, 2.24) is 4.90 Å². The van der Waals surface area contributed by atoms with Crippen molar-refractivity contribution in [2.24, 2.45) is 0 Å². The second-order valence-electron chi connectivity index (χ2n) is 9.50. The van der Waals surface area contributed by atoms with E-state index in [-0.39, 0.29) is 29.8 Å². The smallest absolute Gasteiger partial charge is 0.253 e. The number of amides is 1. The van der Waals surface area contributed by atoms with Crippen LogP contribution in [0.25, 0.3) is 0 Å². The van der Waals surface area contributed by atoms with Gasteiger partial charge in [0.25, 0.3) is 5.91 Å². The third kappa shape index (κ3) is 5.43. The largest absolute Gasteiger partial charge is 0.490 e. The van der Waals surface area contributed by atoms with E-state index in [1.807, 2.05) is 43.9 Å². The molecule has 1 amide bonds. The molecule has 1 spiro atoms. The number of likely N-dealkylation sites (tertiary alicyclic amines) is 1. The van der Waals surface area contributed by atoms with E-state index in [4.69, 9.17) is 14.2 Å². The van der Waals surface area contributed by atoms with Crippen LogP contribution in [0.5, 0.6) is 5.75 Å². The minimum Gasteiger partial charge on any atom is -0.490 e. The van der Waals surface area contributed by atoms with Gasteiger partial charge >= 0.3 is 0 Å². The van der Waals surface area contributed by atoms with Crippen LogP contribution >= 0.6 is 0 Å². The fourth-order valence-electron chi connectivity index (χ4n) is 5.10. The van der Waals surface area contributed by atoms with Gasteiger partial charge in [0.05, 0.1) is 29.5 Å². The number of benzene rings is 2. The molecule has 2 aliphatic rings. The Morgan fingerprint density at radius 3 is 2.59 bits per heavy atom. The fourth-order valence-corrected chi connectivity index (χ4v) is 5.10. The second kappa shape index (κ2) is 10.6. The number of hydrogen-bond donors (Lipinski definition) is 0. The zero-order valence-corrected chi connectivity index (χ0v) is 20.3. The third-order valence-corrected chi connectivity index (χ3v) is 6.71. The summed E-state index contributed by atoms with van der Waals surface area (Å²) < 4.78 is 18.5. The summed E-state index contributed by atoms with van der Waals surface area (Å²) in [7, 11) is 0. The number of nitrogens with zero attached hydrogens (tertiary/aromatic N) is 2. The van der Waals surface area contributed by atoms with E-state index in [1.165, 1.54) is 5.56 Å². The molecule has 0 aromatic heterocycles. The number of carbonyl (C=O) groups excluding carboxylic acids is 1. The van der Waals surface area contributed by atoms with Crippen molar-refractivity contribution in [2.75, 3.05) is 19.7 Å². The summed E-state index contributed by atoms with van der Waals surface area (Å²) in [5, 5.41) is 9.52. The van der Waals surface area contributed by atoms with Crippen LogP contribution in [0, 0.1) is 11.3 Å². The molecular formula is C28H34N2O4. The molecule has 2 atom stereocenters. The number of ether oxygens (including phenoxy) is 3. The van der Waals surface area contributed by atoms with Crippen molar-refractivity contribution >= 4 is 5.91 Å². The van der Waals surface area contributed by atoms with Gasteiger partial charge in [0, 0.05) is 38.1 Å². The Balaban J connectivity index is 1.46. The highest BCUT2D eigenvalue weighted by Gasteiger charge is 2.45. The number of piperidine rings is 1. The predicted molar refractivity (Wildman–Crippen MR) is 130 cm³/mol. The molecule has 2 heterocycles. The van der Waals surface area contributed by atoms with Gasteiger partial charge in [0.15, 0.2) is 0 Å². The Morgan fingerprint density at radius 1 is 1.21 bits per heavy atom. The molecule has 0 bridgehead atoms. The Morgan fingerprint density at radius 2 is 1.94 bits per heavy atom. The average Bonchev–Trinajstić information content (AvgIpc) is 2.84. The molecule has 2 aromatic rings. The van der Waals surface area contributed by atoms with Crippen molar-refractivity contribution in [3.05, 3.63) is 65.2 Å². The summed E-state index contributed by atoms with van der Waals surface area (Å²) in [5.41, 5.74) is 1.79. The Kier molecular flexibility index (Phi) is 7.55. The maximum Gasteiger partial charge on any atom is 0.253 e. The van der Waals surface area contributed by atoms with Gasteiger partial charge in [0.1, 0.15) is 11.8 Å². The van der Waals surface area contributed by atoms with Crippen molar-refractivity contribution in [1.29, 1.82) is 5.26 Å². The molecule has 4 rings (SSSR count). The lowest BCUT2D eigenvalue weighted by molar-refractivity contribution is -0.190. The van der Waals surface area contributed by atoms with Gasteiger partial charge in [-0.25, -0.2) is 0 Å². The number of hydrogen-bond acceptors (Lipinski definition) is 5. The van der Waals surface area contributed by atoms with E-state index in [0.29, 0.717) is 36.6 Å². The zero-order valence-electron chi connectivity index (χ0n) is 20.3. The number of rotatable bonds is 6. The van der Waals surface area contributed by atoms with E-state index < -0.39 is 0 Å². The van der Waals surface area contributed by atoms with Crippen LogP contribution in [0.1, 0.15) is 74.0 Å². The van der Waals surface area contributed by atoms with Gasteiger partial charge in [-0.2, -0.15) is 5.26 Å². The van der Waals surface area contributed by atoms with E-state index in [9.17, 15) is 10.1 Å². The lowest BCUT2D eigenvalue weighted by Gasteiger charge is -2.48. The molecule has 2 saturated heterocycles. The summed E-state index contributed by atoms with van der Waals surface area (Å²) in [6, 6.07) is 17.6. The minimum absolute atomic E-state index is 0.000407. The highest BCUT2D eigenvalue weighted by Crippen LogP contribution is 2.44. The fraction of sp³-hybridized carbons (Fsp3) is 0.500. The standard InChI is InChI=1S/C28H34N2O4/c1-4-32-24-17-26(21-8-6-5-7-9-21)34-28(18-24)12-14-30(15-13-28)27(31)22-10-11-25(33-20(2)3)23(16-22)19-29/h5-11,16,20,24,26H,4,12-15,17-18H2,1-3H3. The number of carbonyl (C=O) groups is 1. The molecular weight excluding hydrogens is 428 g/mol. The second-order valence-corrected chi connectivity index (χ2v) is 9.50. The third-order valence-electron chi connectivity index (χ3n) is 6.71. The maximum atomic E-state index is 13.2. The molecule has 2 fully saturated rings. The normalized spacial score (nSPS) is 21.9. The van der Waals surface area contributed by atoms with Crippen molar-refractivity contribution in [2.45, 2.75) is 70.4 Å². The Labute approximate surface area is 202 Å². The maximum absolute atomic E-state index is 13.2. The zero-order chi connectivity index (χ0) is 24.1. The topological polar surface area (TPSA) is 71.8 Å². The summed E-state index contributed by atoms with van der Waals surface area (Å²) in [6.45, 7) is 7.78. The summed E-state index contributed by atoms with van der Waals surface area (Å²) >= 11 is 0. The first-order chi connectivity index (χ1) is 16.4. The predicted octanol–water partition coefficient (Wildman–Crippen LogP) is 5.28. The molecule has 0 saturated carbocycles. The number of nitriles is 1. The summed E-state index contributed by atoms with van der Waals surface area (Å²) in [6.07, 6.45) is 3.35. The van der Waals surface area contributed by atoms with Crippen LogP contribution < -0.4 is 4.74 Å². The van der Waals surface area contributed by atoms with Crippen LogP contribution in [0.15, 0.2) is 48.5 Å². The van der Waals surface area contributed by atoms with Crippen LogP contribution in [-0.2, 0) is 9.47 Å². The minimum atomic E-state index is -0.290. The molecule has 180 valence electrons. The summed E-state index contributed by atoms with van der Waals surface area (Å²) in [4.78, 5) is 15.1. The lowest BCUT2D eigenvalue weighted by Crippen LogP contribution is -2.52. The van der Waals surface area contributed by atoms with Gasteiger partial charge in [-0.05, 0) is 57.4 Å². The first kappa shape index (κ1) is 24.3. The molecule has 34 heavy (non-hydrogen) atoms. The SMILES string of the molecule is CCOC1CC(c2ccccc2)OC2(CCN(C(=O)c3ccc(OC(C)C)c(C#N)c3)CC2)C1. The molecule has 0 N–H and O–H groups in total. The van der Waals surface area contributed by atoms with Crippen LogP contribution in [0.4, 0.5) is 0 Å². The molecule has 2 unspecified atom stereocenters. The summed E-state index contributed by atoms with van der Waals surface area (Å²) in [5.74, 6) is 0.454. The molecule has 2 aromatic carbocycles. The first-order valence-corrected chi connectivity index (χ1v) is 12.3. The van der Waals surface area contributed by atoms with Gasteiger partial charge in [0.2, 0.25) is 0 Å². The Bertz CT molecular complexity index is 1020. The van der Waals surface area contributed by atoms with Crippen molar-refractivity contribution < 1.29 is 19.0 Å². The quantitative estimate of drug-likeness (QED) is 0.584. The van der Waals surface area contributed by atoms with E-state index in [1.54, 1.807) is 18.2 Å². The van der Waals surface area contributed by atoms with Crippen LogP contribution in [-0.4, -0.2) is 48.3 Å². The monoisotopic (exact) mass is 462 g/mol. The van der Waals surface area contributed by atoms with Gasteiger partial charge in [-0.15, -0.1) is 0 Å². The van der Waals surface area contributed by atoms with Crippen molar-refractivity contribution in [3.8, 4) is 11.8 Å². The van der Waals surface area contributed by atoms with Crippen LogP contribution in [0.2, 0.25) is 0 Å². The highest BCUT2D eigenvalue weighted by atomic mass is 16.5. The van der Waals surface area contributed by atoms with Gasteiger partial charge in [-0.3, -0.25) is 4.79 Å². The van der Waals surface area contributed by atoms with E-state index in [0.717, 1.165) is 25.7 Å².